The van der Waals surface area contributed by atoms with Crippen molar-refractivity contribution in [2.75, 3.05) is 7.11 Å². The number of hydrogen-bond acceptors (Lipinski definition) is 3. The number of rotatable bonds is 3. The van der Waals surface area contributed by atoms with Crippen molar-refractivity contribution in [2.24, 2.45) is 5.16 Å². The van der Waals surface area contributed by atoms with Gasteiger partial charge in [-0.05, 0) is 25.1 Å². The fourth-order valence-corrected chi connectivity index (χ4v) is 1.05. The largest absolute Gasteiger partial charge is 0.496 e. The Morgan fingerprint density at radius 3 is 2.79 bits per heavy atom. The number of methoxy groups -OCH3 is 1. The average molecular weight is 191 g/mol. The van der Waals surface area contributed by atoms with Crippen LogP contribution in [0.15, 0.2) is 35.5 Å². The third-order valence-corrected chi connectivity index (χ3v) is 1.80. The van der Waals surface area contributed by atoms with Crippen LogP contribution in [0.25, 0.3) is 6.08 Å². The maximum absolute atomic E-state index is 8.44. The fraction of sp³-hybridized carbons (Fsp3) is 0.182. The van der Waals surface area contributed by atoms with Gasteiger partial charge >= 0.3 is 0 Å². The van der Waals surface area contributed by atoms with Crippen molar-refractivity contribution in [1.29, 1.82) is 0 Å². The first-order chi connectivity index (χ1) is 6.77. The molecule has 0 aromatic heterocycles. The average Bonchev–Trinajstić information content (AvgIpc) is 2.26. The molecule has 0 atom stereocenters. The molecule has 0 unspecified atom stereocenters. The molecule has 3 nitrogen and oxygen atoms in total. The summed E-state index contributed by atoms with van der Waals surface area (Å²) in [6.07, 6.45) is 3.56. The summed E-state index contributed by atoms with van der Waals surface area (Å²) in [5.74, 6) is 0.800. The minimum Gasteiger partial charge on any atom is -0.496 e. The van der Waals surface area contributed by atoms with Crippen LogP contribution in [0.1, 0.15) is 12.5 Å². The molecule has 1 aromatic carbocycles. The van der Waals surface area contributed by atoms with Gasteiger partial charge in [0.05, 0.1) is 12.8 Å². The van der Waals surface area contributed by atoms with Crippen LogP contribution in [0.4, 0.5) is 0 Å². The molecule has 0 saturated carbocycles. The van der Waals surface area contributed by atoms with Crippen LogP contribution in [0.2, 0.25) is 0 Å². The normalized spacial score (nSPS) is 12.0. The van der Waals surface area contributed by atoms with Gasteiger partial charge in [-0.2, -0.15) is 0 Å². The molecule has 0 spiro atoms. The Labute approximate surface area is 83.3 Å². The van der Waals surface area contributed by atoms with E-state index in [4.69, 9.17) is 9.94 Å². The smallest absolute Gasteiger partial charge is 0.126 e. The first kappa shape index (κ1) is 10.3. The Morgan fingerprint density at radius 2 is 2.14 bits per heavy atom. The molecule has 0 amide bonds. The highest BCUT2D eigenvalue weighted by Gasteiger charge is 1.96. The molecule has 1 aromatic rings. The minimum absolute atomic E-state index is 0.552. The number of allylic oxidation sites excluding steroid dienone is 1. The summed E-state index contributed by atoms with van der Waals surface area (Å²) in [5, 5.41) is 11.5. The Morgan fingerprint density at radius 1 is 1.43 bits per heavy atom. The molecular weight excluding hydrogens is 178 g/mol. The maximum atomic E-state index is 8.44. The second kappa shape index (κ2) is 5.07. The van der Waals surface area contributed by atoms with Crippen molar-refractivity contribution in [3.63, 3.8) is 0 Å². The van der Waals surface area contributed by atoms with Crippen LogP contribution < -0.4 is 4.74 Å². The standard InChI is InChI=1S/C11H13NO2/c1-9(12-13)7-8-10-5-3-4-6-11(10)14-2/h3-8,13H,1-2H3/b8-7+,12-9+. The van der Waals surface area contributed by atoms with E-state index < -0.39 is 0 Å². The predicted octanol–water partition coefficient (Wildman–Crippen LogP) is 2.56. The van der Waals surface area contributed by atoms with Crippen molar-refractivity contribution in [3.8, 4) is 5.75 Å². The van der Waals surface area contributed by atoms with Crippen LogP contribution in [0, 0.1) is 0 Å². The van der Waals surface area contributed by atoms with Gasteiger partial charge in [0, 0.05) is 5.56 Å². The number of oxime groups is 1. The third-order valence-electron chi connectivity index (χ3n) is 1.80. The summed E-state index contributed by atoms with van der Waals surface area (Å²) in [6.45, 7) is 1.71. The first-order valence-electron chi connectivity index (χ1n) is 4.27. The van der Waals surface area contributed by atoms with Gasteiger partial charge < -0.3 is 9.94 Å². The summed E-state index contributed by atoms with van der Waals surface area (Å²) in [6, 6.07) is 7.64. The Balaban J connectivity index is 2.91. The molecule has 0 aliphatic carbocycles. The highest BCUT2D eigenvalue weighted by atomic mass is 16.5. The third kappa shape index (κ3) is 2.62. The second-order valence-electron chi connectivity index (χ2n) is 2.82. The molecule has 0 aliphatic rings. The second-order valence-corrected chi connectivity index (χ2v) is 2.82. The Kier molecular flexibility index (Phi) is 3.73. The topological polar surface area (TPSA) is 41.8 Å². The summed E-state index contributed by atoms with van der Waals surface area (Å²) in [7, 11) is 1.62. The number of hydrogen-bond donors (Lipinski definition) is 1. The zero-order chi connectivity index (χ0) is 10.4. The zero-order valence-corrected chi connectivity index (χ0v) is 8.27. The maximum Gasteiger partial charge on any atom is 0.126 e. The highest BCUT2D eigenvalue weighted by Crippen LogP contribution is 2.18. The monoisotopic (exact) mass is 191 g/mol. The molecule has 3 heteroatoms. The molecule has 0 fully saturated rings. The zero-order valence-electron chi connectivity index (χ0n) is 8.27. The fourth-order valence-electron chi connectivity index (χ4n) is 1.05. The van der Waals surface area contributed by atoms with E-state index in [1.807, 2.05) is 30.3 Å². The first-order valence-corrected chi connectivity index (χ1v) is 4.27. The van der Waals surface area contributed by atoms with E-state index in [1.54, 1.807) is 20.1 Å². The van der Waals surface area contributed by atoms with Gasteiger partial charge in [-0.3, -0.25) is 0 Å². The van der Waals surface area contributed by atoms with Gasteiger partial charge in [0.25, 0.3) is 0 Å². The van der Waals surface area contributed by atoms with E-state index >= 15 is 0 Å². The Hall–Kier alpha value is -1.77. The molecule has 0 heterocycles. The van der Waals surface area contributed by atoms with Crippen molar-refractivity contribution in [3.05, 3.63) is 35.9 Å². The quantitative estimate of drug-likeness (QED) is 0.453. The van der Waals surface area contributed by atoms with Crippen LogP contribution in [0.5, 0.6) is 5.75 Å². The minimum atomic E-state index is 0.552. The predicted molar refractivity (Wildman–Crippen MR) is 56.9 cm³/mol. The molecule has 0 saturated heterocycles. The van der Waals surface area contributed by atoms with E-state index in [-0.39, 0.29) is 0 Å². The molecule has 74 valence electrons. The lowest BCUT2D eigenvalue weighted by molar-refractivity contribution is 0.319. The summed E-state index contributed by atoms with van der Waals surface area (Å²) >= 11 is 0. The van der Waals surface area contributed by atoms with E-state index in [2.05, 4.69) is 5.16 Å². The van der Waals surface area contributed by atoms with E-state index in [0.717, 1.165) is 11.3 Å². The van der Waals surface area contributed by atoms with Gasteiger partial charge in [0.2, 0.25) is 0 Å². The lowest BCUT2D eigenvalue weighted by atomic mass is 10.2. The van der Waals surface area contributed by atoms with Gasteiger partial charge in [0.1, 0.15) is 5.75 Å². The lowest BCUT2D eigenvalue weighted by Crippen LogP contribution is -1.87. The van der Waals surface area contributed by atoms with Gasteiger partial charge in [-0.25, -0.2) is 0 Å². The van der Waals surface area contributed by atoms with Gasteiger partial charge in [-0.1, -0.05) is 23.4 Å². The highest BCUT2D eigenvalue weighted by molar-refractivity contribution is 5.96. The SMILES string of the molecule is COc1ccccc1/C=C/C(C)=N/O. The number of ether oxygens (including phenoxy) is 1. The van der Waals surface area contributed by atoms with Gasteiger partial charge in [-0.15, -0.1) is 0 Å². The Bertz CT molecular complexity index is 356. The van der Waals surface area contributed by atoms with Crippen molar-refractivity contribution < 1.29 is 9.94 Å². The molecule has 1 rings (SSSR count). The number of para-hydroxylation sites is 1. The lowest BCUT2D eigenvalue weighted by Gasteiger charge is -2.02. The van der Waals surface area contributed by atoms with Crippen molar-refractivity contribution in [2.45, 2.75) is 6.92 Å². The molecule has 0 bridgehead atoms. The summed E-state index contributed by atoms with van der Waals surface area (Å²) in [5.41, 5.74) is 1.51. The van der Waals surface area contributed by atoms with Crippen LogP contribution in [0.3, 0.4) is 0 Å². The molecule has 0 aliphatic heterocycles. The summed E-state index contributed by atoms with van der Waals surface area (Å²) < 4.78 is 5.16. The van der Waals surface area contributed by atoms with E-state index in [0.29, 0.717) is 5.71 Å². The summed E-state index contributed by atoms with van der Waals surface area (Å²) in [4.78, 5) is 0. The molecule has 1 N–H and O–H groups in total. The number of nitrogens with zero attached hydrogens (tertiary/aromatic N) is 1. The van der Waals surface area contributed by atoms with Crippen LogP contribution in [-0.4, -0.2) is 18.0 Å². The molecule has 14 heavy (non-hydrogen) atoms. The van der Waals surface area contributed by atoms with Crippen LogP contribution in [-0.2, 0) is 0 Å². The van der Waals surface area contributed by atoms with Crippen molar-refractivity contribution in [1.82, 2.24) is 0 Å². The van der Waals surface area contributed by atoms with Crippen molar-refractivity contribution >= 4 is 11.8 Å². The van der Waals surface area contributed by atoms with Crippen LogP contribution >= 0.6 is 0 Å². The van der Waals surface area contributed by atoms with E-state index in [9.17, 15) is 0 Å². The molecule has 0 radical (unpaired) electrons. The number of benzene rings is 1. The van der Waals surface area contributed by atoms with Gasteiger partial charge in [0.15, 0.2) is 0 Å². The van der Waals surface area contributed by atoms with E-state index in [1.165, 1.54) is 0 Å². The molecular formula is C11H13NO2.